The summed E-state index contributed by atoms with van der Waals surface area (Å²) < 4.78 is 2.66. The number of H-pyrrole nitrogens is 1. The number of fused-ring (bicyclic) bond motifs is 1. The van der Waals surface area contributed by atoms with Crippen LogP contribution in [-0.2, 0) is 5.41 Å². The first-order chi connectivity index (χ1) is 9.86. The Morgan fingerprint density at radius 3 is 2.33 bits per heavy atom. The van der Waals surface area contributed by atoms with Gasteiger partial charge in [-0.2, -0.15) is 0 Å². The van der Waals surface area contributed by atoms with Crippen molar-refractivity contribution in [3.63, 3.8) is 0 Å². The third-order valence-electron chi connectivity index (χ3n) is 3.66. The minimum atomic E-state index is 0.148. The average Bonchev–Trinajstić information content (AvgIpc) is 2.73. The molecular weight excluding hydrogens is 278 g/mol. The van der Waals surface area contributed by atoms with Crippen LogP contribution in [0.15, 0.2) is 36.4 Å². The molecule has 0 atom stereocenters. The van der Waals surface area contributed by atoms with Crippen molar-refractivity contribution in [3.05, 3.63) is 52.4 Å². The standard InChI is InChI=1S/C17H19N3S/c1-11-5-10-14-15(18-11)20(16(21)19-14)13-8-6-12(7-9-13)17(2,3)4/h5-10H,1-4H3,(H,19,21). The van der Waals surface area contributed by atoms with E-state index in [0.29, 0.717) is 4.77 Å². The van der Waals surface area contributed by atoms with Crippen LogP contribution >= 0.6 is 12.2 Å². The highest BCUT2D eigenvalue weighted by atomic mass is 32.1. The summed E-state index contributed by atoms with van der Waals surface area (Å²) in [5, 5.41) is 0. The number of rotatable bonds is 1. The van der Waals surface area contributed by atoms with E-state index >= 15 is 0 Å². The zero-order valence-electron chi connectivity index (χ0n) is 12.8. The molecule has 0 saturated carbocycles. The van der Waals surface area contributed by atoms with Gasteiger partial charge in [-0.3, -0.25) is 4.57 Å². The Kier molecular flexibility index (Phi) is 3.21. The number of aromatic amines is 1. The molecule has 3 nitrogen and oxygen atoms in total. The Balaban J connectivity index is 2.19. The van der Waals surface area contributed by atoms with Gasteiger partial charge >= 0.3 is 0 Å². The predicted molar refractivity (Wildman–Crippen MR) is 89.7 cm³/mol. The maximum Gasteiger partial charge on any atom is 0.183 e. The van der Waals surface area contributed by atoms with Crippen molar-refractivity contribution < 1.29 is 0 Å². The first-order valence-electron chi connectivity index (χ1n) is 7.05. The lowest BCUT2D eigenvalue weighted by Crippen LogP contribution is -2.10. The topological polar surface area (TPSA) is 33.6 Å². The van der Waals surface area contributed by atoms with Crippen LogP contribution in [0.4, 0.5) is 0 Å². The van der Waals surface area contributed by atoms with Crippen LogP contribution in [0, 0.1) is 11.7 Å². The number of aromatic nitrogens is 3. The molecular formula is C17H19N3S. The molecule has 0 aliphatic carbocycles. The van der Waals surface area contributed by atoms with Crippen molar-refractivity contribution >= 4 is 23.4 Å². The first kappa shape index (κ1) is 14.0. The molecule has 108 valence electrons. The third-order valence-corrected chi connectivity index (χ3v) is 3.95. The molecule has 0 amide bonds. The molecule has 0 fully saturated rings. The molecule has 1 N–H and O–H groups in total. The van der Waals surface area contributed by atoms with Crippen LogP contribution in [0.2, 0.25) is 0 Å². The second kappa shape index (κ2) is 4.81. The highest BCUT2D eigenvalue weighted by molar-refractivity contribution is 7.71. The first-order valence-corrected chi connectivity index (χ1v) is 7.46. The van der Waals surface area contributed by atoms with Crippen molar-refractivity contribution in [2.45, 2.75) is 33.1 Å². The normalized spacial score (nSPS) is 12.0. The van der Waals surface area contributed by atoms with Gasteiger partial charge in [-0.1, -0.05) is 32.9 Å². The summed E-state index contributed by atoms with van der Waals surface area (Å²) in [5.41, 5.74) is 5.32. The van der Waals surface area contributed by atoms with Gasteiger partial charge in [0.15, 0.2) is 10.4 Å². The van der Waals surface area contributed by atoms with E-state index in [1.807, 2.05) is 23.6 Å². The summed E-state index contributed by atoms with van der Waals surface area (Å²) in [7, 11) is 0. The lowest BCUT2D eigenvalue weighted by Gasteiger charge is -2.19. The Labute approximate surface area is 129 Å². The lowest BCUT2D eigenvalue weighted by atomic mass is 9.87. The fraction of sp³-hybridized carbons (Fsp3) is 0.294. The Morgan fingerprint density at radius 1 is 1.05 bits per heavy atom. The quantitative estimate of drug-likeness (QED) is 0.661. The number of nitrogens with zero attached hydrogens (tertiary/aromatic N) is 2. The van der Waals surface area contributed by atoms with Gasteiger partial charge in [0.05, 0.1) is 5.52 Å². The summed E-state index contributed by atoms with van der Waals surface area (Å²) >= 11 is 5.45. The van der Waals surface area contributed by atoms with E-state index in [2.05, 4.69) is 55.0 Å². The second-order valence-electron chi connectivity index (χ2n) is 6.39. The Morgan fingerprint density at radius 2 is 1.71 bits per heavy atom. The molecule has 0 aliphatic heterocycles. The fourth-order valence-corrected chi connectivity index (χ4v) is 2.73. The minimum Gasteiger partial charge on any atom is -0.329 e. The maximum atomic E-state index is 5.45. The highest BCUT2D eigenvalue weighted by Gasteiger charge is 2.14. The summed E-state index contributed by atoms with van der Waals surface area (Å²) in [4.78, 5) is 7.82. The van der Waals surface area contributed by atoms with Gasteiger partial charge in [-0.25, -0.2) is 4.98 Å². The summed E-state index contributed by atoms with van der Waals surface area (Å²) in [5.74, 6) is 0. The number of benzene rings is 1. The lowest BCUT2D eigenvalue weighted by molar-refractivity contribution is 0.590. The summed E-state index contributed by atoms with van der Waals surface area (Å²) in [6, 6.07) is 12.5. The van der Waals surface area contributed by atoms with Crippen LogP contribution in [0.25, 0.3) is 16.9 Å². The van der Waals surface area contributed by atoms with E-state index in [4.69, 9.17) is 12.2 Å². The Bertz CT molecular complexity index is 848. The van der Waals surface area contributed by atoms with Gasteiger partial charge < -0.3 is 4.98 Å². The van der Waals surface area contributed by atoms with Gasteiger partial charge in [0, 0.05) is 11.4 Å². The molecule has 0 spiro atoms. The smallest absolute Gasteiger partial charge is 0.183 e. The van der Waals surface area contributed by atoms with Gasteiger partial charge in [0.2, 0.25) is 0 Å². The van der Waals surface area contributed by atoms with Crippen molar-refractivity contribution in [1.82, 2.24) is 14.5 Å². The highest BCUT2D eigenvalue weighted by Crippen LogP contribution is 2.24. The van der Waals surface area contributed by atoms with Crippen molar-refractivity contribution in [3.8, 4) is 5.69 Å². The molecule has 21 heavy (non-hydrogen) atoms. The molecule has 0 aliphatic rings. The molecule has 3 aromatic rings. The minimum absolute atomic E-state index is 0.148. The number of pyridine rings is 1. The summed E-state index contributed by atoms with van der Waals surface area (Å²) in [6.45, 7) is 8.63. The van der Waals surface area contributed by atoms with Crippen LogP contribution in [0.5, 0.6) is 0 Å². The van der Waals surface area contributed by atoms with Crippen LogP contribution < -0.4 is 0 Å². The van der Waals surface area contributed by atoms with Crippen LogP contribution in [-0.4, -0.2) is 14.5 Å². The molecule has 1 aromatic carbocycles. The number of nitrogens with one attached hydrogen (secondary N) is 1. The molecule has 0 saturated heterocycles. The van der Waals surface area contributed by atoms with E-state index in [9.17, 15) is 0 Å². The average molecular weight is 297 g/mol. The molecule has 0 bridgehead atoms. The zero-order valence-corrected chi connectivity index (χ0v) is 13.6. The SMILES string of the molecule is Cc1ccc2[nH]c(=S)n(-c3ccc(C(C)(C)C)cc3)c2n1. The molecule has 2 heterocycles. The number of hydrogen-bond acceptors (Lipinski definition) is 2. The number of hydrogen-bond donors (Lipinski definition) is 1. The number of aryl methyl sites for hydroxylation is 1. The number of imidazole rings is 1. The monoisotopic (exact) mass is 297 g/mol. The van der Waals surface area contributed by atoms with Crippen molar-refractivity contribution in [2.24, 2.45) is 0 Å². The van der Waals surface area contributed by atoms with Crippen molar-refractivity contribution in [2.75, 3.05) is 0 Å². The van der Waals surface area contributed by atoms with E-state index in [-0.39, 0.29) is 5.41 Å². The van der Waals surface area contributed by atoms with Gasteiger partial charge in [-0.05, 0) is 54.4 Å². The maximum absolute atomic E-state index is 5.45. The largest absolute Gasteiger partial charge is 0.329 e. The van der Waals surface area contributed by atoms with E-state index < -0.39 is 0 Å². The van der Waals surface area contributed by atoms with Crippen LogP contribution in [0.3, 0.4) is 0 Å². The summed E-state index contributed by atoms with van der Waals surface area (Å²) in [6.07, 6.45) is 0. The Hall–Kier alpha value is -1.94. The van der Waals surface area contributed by atoms with E-state index in [0.717, 1.165) is 22.5 Å². The third kappa shape index (κ3) is 2.51. The molecule has 2 aromatic heterocycles. The van der Waals surface area contributed by atoms with E-state index in [1.165, 1.54) is 5.56 Å². The van der Waals surface area contributed by atoms with Crippen molar-refractivity contribution in [1.29, 1.82) is 0 Å². The zero-order chi connectivity index (χ0) is 15.2. The van der Waals surface area contributed by atoms with Gasteiger partial charge in [-0.15, -0.1) is 0 Å². The van der Waals surface area contributed by atoms with Gasteiger partial charge in [0.25, 0.3) is 0 Å². The molecule has 3 rings (SSSR count). The molecule has 0 unspecified atom stereocenters. The van der Waals surface area contributed by atoms with E-state index in [1.54, 1.807) is 0 Å². The molecule has 0 radical (unpaired) electrons. The van der Waals surface area contributed by atoms with Crippen LogP contribution in [0.1, 0.15) is 32.0 Å². The fourth-order valence-electron chi connectivity index (χ4n) is 2.43. The van der Waals surface area contributed by atoms with Gasteiger partial charge in [0.1, 0.15) is 0 Å². The predicted octanol–water partition coefficient (Wildman–Crippen LogP) is 4.69. The second-order valence-corrected chi connectivity index (χ2v) is 6.77. The molecule has 4 heteroatoms.